The monoisotopic (exact) mass is 606 g/mol. The van der Waals surface area contributed by atoms with Crippen LogP contribution in [0, 0.1) is 0 Å². The van der Waals surface area contributed by atoms with Crippen molar-refractivity contribution in [1.82, 2.24) is 14.8 Å². The first-order chi connectivity index (χ1) is 18.6. The van der Waals surface area contributed by atoms with E-state index in [0.717, 1.165) is 50.3 Å². The lowest BCUT2D eigenvalue weighted by molar-refractivity contribution is -0.116. The maximum absolute atomic E-state index is 13.3. The fourth-order valence-corrected chi connectivity index (χ4v) is 6.34. The van der Waals surface area contributed by atoms with Crippen LogP contribution in [0.4, 0.5) is 5.95 Å². The maximum Gasteiger partial charge on any atom is 0.227 e. The molecule has 3 aromatic carbocycles. The number of rotatable bonds is 7. The highest BCUT2D eigenvalue weighted by Crippen LogP contribution is 2.44. The molecule has 2 aliphatic rings. The molecule has 1 atom stereocenters. The summed E-state index contributed by atoms with van der Waals surface area (Å²) in [7, 11) is 0. The van der Waals surface area contributed by atoms with Crippen LogP contribution >= 0.6 is 39.3 Å². The molecule has 0 spiro atoms. The minimum atomic E-state index is -0.445. The molecule has 0 fully saturated rings. The molecular formula is C29H24BrClN4O2S. The highest BCUT2D eigenvalue weighted by atomic mass is 79.9. The molecule has 1 N–H and O–H groups in total. The van der Waals surface area contributed by atoms with Crippen LogP contribution in [0.15, 0.2) is 93.7 Å². The Morgan fingerprint density at radius 3 is 2.74 bits per heavy atom. The number of ether oxygens (including phenoxy) is 1. The zero-order valence-electron chi connectivity index (χ0n) is 20.4. The fourth-order valence-electron chi connectivity index (χ4n) is 4.84. The van der Waals surface area contributed by atoms with Crippen LogP contribution in [-0.4, -0.2) is 20.5 Å². The van der Waals surface area contributed by atoms with Gasteiger partial charge in [0.15, 0.2) is 5.78 Å². The molecule has 6 rings (SSSR count). The summed E-state index contributed by atoms with van der Waals surface area (Å²) in [5.74, 6) is 2.10. The van der Waals surface area contributed by atoms with Gasteiger partial charge >= 0.3 is 0 Å². The topological polar surface area (TPSA) is 69.0 Å². The number of halogens is 2. The molecule has 0 bridgehead atoms. The lowest BCUT2D eigenvalue weighted by atomic mass is 9.85. The summed E-state index contributed by atoms with van der Waals surface area (Å²) < 4.78 is 9.06. The number of nitrogens with zero attached hydrogens (tertiary/aromatic N) is 3. The van der Waals surface area contributed by atoms with Crippen LogP contribution in [-0.2, 0) is 17.2 Å². The van der Waals surface area contributed by atoms with E-state index in [1.807, 2.05) is 77.5 Å². The van der Waals surface area contributed by atoms with E-state index in [2.05, 4.69) is 21.2 Å². The van der Waals surface area contributed by atoms with Gasteiger partial charge in [-0.2, -0.15) is 4.98 Å². The number of benzene rings is 3. The molecule has 2 heterocycles. The van der Waals surface area contributed by atoms with Gasteiger partial charge in [0.2, 0.25) is 11.1 Å². The standard InChI is InChI=1S/C29H24BrClN4O2S/c30-20-13-14-25(37-16-18-7-2-1-3-8-18)21(15-20)27-26-23(11-6-12-24(26)36)32-28-33-29(34-35(27)28)38-17-19-9-4-5-10-22(19)31/h1-5,7-10,13-15,27H,6,11-12,16-17H2,(H,32,33,34). The summed E-state index contributed by atoms with van der Waals surface area (Å²) in [5, 5.41) is 9.62. The molecule has 0 saturated carbocycles. The summed E-state index contributed by atoms with van der Waals surface area (Å²) in [4.78, 5) is 18.1. The van der Waals surface area contributed by atoms with Crippen molar-refractivity contribution in [2.45, 2.75) is 42.8 Å². The number of hydrogen-bond acceptors (Lipinski definition) is 6. The molecule has 0 amide bonds. The second-order valence-electron chi connectivity index (χ2n) is 9.20. The second-order valence-corrected chi connectivity index (χ2v) is 11.5. The van der Waals surface area contributed by atoms with E-state index in [9.17, 15) is 4.79 Å². The Balaban J connectivity index is 1.38. The van der Waals surface area contributed by atoms with Crippen molar-refractivity contribution in [2.75, 3.05) is 5.32 Å². The van der Waals surface area contributed by atoms with E-state index in [-0.39, 0.29) is 5.78 Å². The molecule has 1 aliphatic heterocycles. The Morgan fingerprint density at radius 2 is 1.89 bits per heavy atom. The van der Waals surface area contributed by atoms with Crippen LogP contribution < -0.4 is 10.1 Å². The van der Waals surface area contributed by atoms with Crippen molar-refractivity contribution in [2.24, 2.45) is 0 Å². The average molecular weight is 608 g/mol. The van der Waals surface area contributed by atoms with Gasteiger partial charge in [0.25, 0.3) is 0 Å². The summed E-state index contributed by atoms with van der Waals surface area (Å²) in [5.41, 5.74) is 4.61. The highest BCUT2D eigenvalue weighted by Gasteiger charge is 2.38. The number of carbonyl (C=O) groups is 1. The molecule has 1 aliphatic carbocycles. The highest BCUT2D eigenvalue weighted by molar-refractivity contribution is 9.10. The first-order valence-corrected chi connectivity index (χ1v) is 14.5. The van der Waals surface area contributed by atoms with E-state index in [4.69, 9.17) is 26.4 Å². The van der Waals surface area contributed by atoms with Gasteiger partial charge in [-0.05, 0) is 48.2 Å². The van der Waals surface area contributed by atoms with E-state index in [1.54, 1.807) is 0 Å². The summed E-state index contributed by atoms with van der Waals surface area (Å²) in [6, 6.07) is 23.3. The average Bonchev–Trinajstić information content (AvgIpc) is 3.34. The van der Waals surface area contributed by atoms with Gasteiger partial charge in [0, 0.05) is 38.5 Å². The normalized spacial score (nSPS) is 16.6. The number of hydrogen-bond donors (Lipinski definition) is 1. The van der Waals surface area contributed by atoms with E-state index >= 15 is 0 Å². The zero-order valence-corrected chi connectivity index (χ0v) is 23.5. The first kappa shape index (κ1) is 25.2. The Kier molecular flexibility index (Phi) is 7.28. The number of carbonyl (C=O) groups excluding carboxylic acids is 1. The van der Waals surface area contributed by atoms with Gasteiger partial charge in [-0.25, -0.2) is 4.68 Å². The van der Waals surface area contributed by atoms with Gasteiger partial charge in [-0.1, -0.05) is 87.8 Å². The molecule has 0 saturated heterocycles. The molecule has 9 heteroatoms. The van der Waals surface area contributed by atoms with Crippen LogP contribution in [0.2, 0.25) is 5.02 Å². The van der Waals surface area contributed by atoms with Crippen molar-refractivity contribution >= 4 is 51.0 Å². The summed E-state index contributed by atoms with van der Waals surface area (Å²) in [6.45, 7) is 0.420. The first-order valence-electron chi connectivity index (χ1n) is 12.4. The van der Waals surface area contributed by atoms with Crippen molar-refractivity contribution in [3.8, 4) is 5.75 Å². The lowest BCUT2D eigenvalue weighted by Crippen LogP contribution is -2.31. The van der Waals surface area contributed by atoms with Gasteiger partial charge in [0.05, 0.1) is 0 Å². The zero-order chi connectivity index (χ0) is 26.1. The third kappa shape index (κ3) is 5.13. The van der Waals surface area contributed by atoms with Crippen LogP contribution in [0.5, 0.6) is 5.75 Å². The number of Topliss-reactive ketones (excluding diaryl/α,β-unsaturated/α-hetero) is 1. The Hall–Kier alpha value is -3.07. The summed E-state index contributed by atoms with van der Waals surface area (Å²) >= 11 is 11.5. The predicted octanol–water partition coefficient (Wildman–Crippen LogP) is 7.59. The Morgan fingerprint density at radius 1 is 1.08 bits per heavy atom. The number of fused-ring (bicyclic) bond motifs is 1. The smallest absolute Gasteiger partial charge is 0.227 e. The van der Waals surface area contributed by atoms with Crippen molar-refractivity contribution in [3.63, 3.8) is 0 Å². The van der Waals surface area contributed by atoms with E-state index in [1.165, 1.54) is 11.8 Å². The van der Waals surface area contributed by atoms with Crippen molar-refractivity contribution in [3.05, 3.63) is 110 Å². The number of aromatic nitrogens is 3. The number of anilines is 1. The third-order valence-corrected chi connectivity index (χ3v) is 8.42. The second kappa shape index (κ2) is 11.0. The van der Waals surface area contributed by atoms with Crippen LogP contribution in [0.3, 0.4) is 0 Å². The molecule has 1 aromatic heterocycles. The van der Waals surface area contributed by atoms with E-state index < -0.39 is 6.04 Å². The minimum Gasteiger partial charge on any atom is -0.489 e. The molecule has 1 unspecified atom stereocenters. The van der Waals surface area contributed by atoms with Gasteiger partial charge in [0.1, 0.15) is 18.4 Å². The Bertz CT molecular complexity index is 1540. The largest absolute Gasteiger partial charge is 0.489 e. The maximum atomic E-state index is 13.3. The quantitative estimate of drug-likeness (QED) is 0.218. The minimum absolute atomic E-state index is 0.129. The number of nitrogens with one attached hydrogen (secondary N) is 1. The molecule has 192 valence electrons. The van der Waals surface area contributed by atoms with Gasteiger partial charge in [-0.3, -0.25) is 4.79 Å². The molecule has 38 heavy (non-hydrogen) atoms. The molecular weight excluding hydrogens is 584 g/mol. The summed E-state index contributed by atoms with van der Waals surface area (Å²) in [6.07, 6.45) is 2.12. The lowest BCUT2D eigenvalue weighted by Gasteiger charge is -2.33. The van der Waals surface area contributed by atoms with Gasteiger partial charge in [-0.15, -0.1) is 5.10 Å². The van der Waals surface area contributed by atoms with Crippen LogP contribution in [0.25, 0.3) is 0 Å². The number of ketones is 1. The predicted molar refractivity (Wildman–Crippen MR) is 154 cm³/mol. The SMILES string of the molecule is O=C1CCCC2=C1C(c1cc(Br)ccc1OCc1ccccc1)n1nc(SCc3ccccc3Cl)nc1N2. The molecule has 4 aromatic rings. The van der Waals surface area contributed by atoms with Crippen LogP contribution in [0.1, 0.15) is 42.0 Å². The Labute approximate surface area is 238 Å². The van der Waals surface area contributed by atoms with E-state index in [0.29, 0.717) is 35.6 Å². The molecule has 0 radical (unpaired) electrons. The third-order valence-electron chi connectivity index (χ3n) is 6.67. The van der Waals surface area contributed by atoms with Crippen molar-refractivity contribution in [1.29, 1.82) is 0 Å². The molecule has 6 nitrogen and oxygen atoms in total. The number of allylic oxidation sites excluding steroid dienone is 2. The van der Waals surface area contributed by atoms with Crippen molar-refractivity contribution < 1.29 is 9.53 Å². The fraction of sp³-hybridized carbons (Fsp3) is 0.207. The number of thioether (sulfide) groups is 1. The van der Waals surface area contributed by atoms with Gasteiger partial charge < -0.3 is 10.1 Å².